The first-order chi connectivity index (χ1) is 14.8. The van der Waals surface area contributed by atoms with Gasteiger partial charge in [0.2, 0.25) is 21.8 Å². The fraction of sp³-hybridized carbons (Fsp3) is 0.391. The van der Waals surface area contributed by atoms with Gasteiger partial charge in [-0.15, -0.1) is 0 Å². The molecule has 0 aromatic heterocycles. The fourth-order valence-electron chi connectivity index (χ4n) is 4.21. The van der Waals surface area contributed by atoms with E-state index in [0.29, 0.717) is 32.5 Å². The summed E-state index contributed by atoms with van der Waals surface area (Å²) in [4.78, 5) is 29.2. The SMILES string of the molecule is Cc1ccc(N2C[C@@H](C(=O)N3CCC(NS(=O)(=O)c4ccccc4)CC3)CC2=O)cc1. The molecule has 7 nitrogen and oxygen atoms in total. The number of likely N-dealkylation sites (tertiary alicyclic amines) is 1. The van der Waals surface area contributed by atoms with Crippen LogP contribution in [0.2, 0.25) is 0 Å². The molecule has 0 radical (unpaired) electrons. The summed E-state index contributed by atoms with van der Waals surface area (Å²) in [6, 6.07) is 15.8. The lowest BCUT2D eigenvalue weighted by Gasteiger charge is -2.33. The normalized spacial score (nSPS) is 20.3. The van der Waals surface area contributed by atoms with Crippen LogP contribution in [-0.2, 0) is 19.6 Å². The van der Waals surface area contributed by atoms with E-state index in [1.54, 1.807) is 40.1 Å². The Hall–Kier alpha value is -2.71. The molecule has 2 aromatic carbocycles. The maximum Gasteiger partial charge on any atom is 0.240 e. The average Bonchev–Trinajstić information content (AvgIpc) is 3.16. The topological polar surface area (TPSA) is 86.8 Å². The molecule has 0 spiro atoms. The Bertz CT molecular complexity index is 1050. The van der Waals surface area contributed by atoms with Crippen LogP contribution in [-0.4, -0.2) is 50.8 Å². The van der Waals surface area contributed by atoms with E-state index in [4.69, 9.17) is 0 Å². The van der Waals surface area contributed by atoms with Gasteiger partial charge in [0.15, 0.2) is 0 Å². The number of rotatable bonds is 5. The fourth-order valence-corrected chi connectivity index (χ4v) is 5.54. The van der Waals surface area contributed by atoms with Gasteiger partial charge in [0.1, 0.15) is 0 Å². The number of hydrogen-bond donors (Lipinski definition) is 1. The molecular formula is C23H27N3O4S. The van der Waals surface area contributed by atoms with Gasteiger partial charge in [-0.1, -0.05) is 35.9 Å². The molecule has 8 heteroatoms. The van der Waals surface area contributed by atoms with Crippen LogP contribution >= 0.6 is 0 Å². The van der Waals surface area contributed by atoms with Gasteiger partial charge < -0.3 is 9.80 Å². The molecule has 1 N–H and O–H groups in total. The highest BCUT2D eigenvalue weighted by molar-refractivity contribution is 7.89. The predicted octanol–water partition coefficient (Wildman–Crippen LogP) is 2.32. The summed E-state index contributed by atoms with van der Waals surface area (Å²) in [7, 11) is -3.57. The van der Waals surface area contributed by atoms with Crippen LogP contribution in [0.15, 0.2) is 59.5 Å². The van der Waals surface area contributed by atoms with E-state index in [-0.39, 0.29) is 35.1 Å². The van der Waals surface area contributed by atoms with Gasteiger partial charge in [0, 0.05) is 37.8 Å². The number of carbonyl (C=O) groups is 2. The highest BCUT2D eigenvalue weighted by atomic mass is 32.2. The maximum atomic E-state index is 13.0. The minimum Gasteiger partial charge on any atom is -0.342 e. The summed E-state index contributed by atoms with van der Waals surface area (Å²) in [5, 5.41) is 0. The van der Waals surface area contributed by atoms with Crippen molar-refractivity contribution in [2.45, 2.75) is 37.1 Å². The molecule has 2 amide bonds. The Labute approximate surface area is 183 Å². The number of hydrogen-bond acceptors (Lipinski definition) is 4. The van der Waals surface area contributed by atoms with Crippen LogP contribution in [0.1, 0.15) is 24.8 Å². The number of carbonyl (C=O) groups excluding carboxylic acids is 2. The second-order valence-corrected chi connectivity index (χ2v) is 9.99. The van der Waals surface area contributed by atoms with Crippen molar-refractivity contribution in [3.8, 4) is 0 Å². The van der Waals surface area contributed by atoms with Gasteiger partial charge in [-0.25, -0.2) is 13.1 Å². The number of benzene rings is 2. The molecule has 2 aromatic rings. The third-order valence-corrected chi connectivity index (χ3v) is 7.54. The highest BCUT2D eigenvalue weighted by Crippen LogP contribution is 2.27. The van der Waals surface area contributed by atoms with Gasteiger partial charge in [0.05, 0.1) is 10.8 Å². The van der Waals surface area contributed by atoms with E-state index in [1.165, 1.54) is 0 Å². The number of amides is 2. The van der Waals surface area contributed by atoms with Crippen molar-refractivity contribution in [2.24, 2.45) is 5.92 Å². The lowest BCUT2D eigenvalue weighted by Crippen LogP contribution is -2.48. The Kier molecular flexibility index (Phi) is 6.11. The molecular weight excluding hydrogens is 414 g/mol. The summed E-state index contributed by atoms with van der Waals surface area (Å²) < 4.78 is 27.8. The van der Waals surface area contributed by atoms with Crippen LogP contribution in [0.5, 0.6) is 0 Å². The molecule has 0 unspecified atom stereocenters. The van der Waals surface area contributed by atoms with Crippen molar-refractivity contribution in [3.05, 3.63) is 60.2 Å². The summed E-state index contributed by atoms with van der Waals surface area (Å²) >= 11 is 0. The summed E-state index contributed by atoms with van der Waals surface area (Å²) in [5.74, 6) is -0.411. The number of anilines is 1. The first kappa shape index (κ1) is 21.5. The average molecular weight is 442 g/mol. The molecule has 2 fully saturated rings. The monoisotopic (exact) mass is 441 g/mol. The smallest absolute Gasteiger partial charge is 0.240 e. The van der Waals surface area contributed by atoms with Crippen LogP contribution in [0.4, 0.5) is 5.69 Å². The summed E-state index contributed by atoms with van der Waals surface area (Å²) in [6.07, 6.45) is 1.33. The number of nitrogens with one attached hydrogen (secondary N) is 1. The minimum absolute atomic E-state index is 0.0210. The molecule has 0 bridgehead atoms. The van der Waals surface area contributed by atoms with E-state index < -0.39 is 10.0 Å². The van der Waals surface area contributed by atoms with E-state index in [1.807, 2.05) is 31.2 Å². The van der Waals surface area contributed by atoms with Crippen LogP contribution in [0.25, 0.3) is 0 Å². The second-order valence-electron chi connectivity index (χ2n) is 8.27. The Morgan fingerprint density at radius 1 is 1.00 bits per heavy atom. The number of sulfonamides is 1. The lowest BCUT2D eigenvalue weighted by molar-refractivity contribution is -0.136. The zero-order valence-electron chi connectivity index (χ0n) is 17.5. The number of nitrogens with zero attached hydrogens (tertiary/aromatic N) is 2. The molecule has 1 atom stereocenters. The predicted molar refractivity (Wildman–Crippen MR) is 118 cm³/mol. The van der Waals surface area contributed by atoms with Gasteiger partial charge >= 0.3 is 0 Å². The molecule has 2 saturated heterocycles. The second kappa shape index (κ2) is 8.80. The van der Waals surface area contributed by atoms with Gasteiger partial charge in [-0.05, 0) is 44.0 Å². The van der Waals surface area contributed by atoms with E-state index in [2.05, 4.69) is 4.72 Å². The van der Waals surface area contributed by atoms with Crippen LogP contribution in [0.3, 0.4) is 0 Å². The standard InChI is InChI=1S/C23H27N3O4S/c1-17-7-9-20(10-8-17)26-16-18(15-22(26)27)23(28)25-13-11-19(12-14-25)24-31(29,30)21-5-3-2-4-6-21/h2-10,18-19,24H,11-16H2,1H3/t18-/m0/s1. The van der Waals surface area contributed by atoms with Crippen LogP contribution in [0, 0.1) is 12.8 Å². The largest absolute Gasteiger partial charge is 0.342 e. The molecule has 4 rings (SSSR count). The van der Waals surface area contributed by atoms with E-state index in [9.17, 15) is 18.0 Å². The zero-order chi connectivity index (χ0) is 22.0. The highest BCUT2D eigenvalue weighted by Gasteiger charge is 2.38. The van der Waals surface area contributed by atoms with Crippen LogP contribution < -0.4 is 9.62 Å². The summed E-state index contributed by atoms with van der Waals surface area (Å²) in [6.45, 7) is 3.35. The lowest BCUT2D eigenvalue weighted by atomic mass is 10.0. The molecule has 2 heterocycles. The first-order valence-electron chi connectivity index (χ1n) is 10.6. The van der Waals surface area contributed by atoms with Crippen molar-refractivity contribution in [3.63, 3.8) is 0 Å². The molecule has 164 valence electrons. The van der Waals surface area contributed by atoms with Gasteiger partial charge in [-0.3, -0.25) is 9.59 Å². The molecule has 2 aliphatic rings. The maximum absolute atomic E-state index is 13.0. The van der Waals surface area contributed by atoms with E-state index >= 15 is 0 Å². The Morgan fingerprint density at radius 2 is 1.65 bits per heavy atom. The quantitative estimate of drug-likeness (QED) is 0.772. The van der Waals surface area contributed by atoms with Crippen molar-refractivity contribution < 1.29 is 18.0 Å². The molecule has 2 aliphatic heterocycles. The number of aryl methyl sites for hydroxylation is 1. The van der Waals surface area contributed by atoms with Crippen molar-refractivity contribution >= 4 is 27.5 Å². The van der Waals surface area contributed by atoms with Crippen molar-refractivity contribution in [1.29, 1.82) is 0 Å². The van der Waals surface area contributed by atoms with E-state index in [0.717, 1.165) is 11.3 Å². The molecule has 0 aliphatic carbocycles. The molecule has 0 saturated carbocycles. The third-order valence-electron chi connectivity index (χ3n) is 6.00. The third kappa shape index (κ3) is 4.80. The molecule has 31 heavy (non-hydrogen) atoms. The Morgan fingerprint density at radius 3 is 2.29 bits per heavy atom. The number of piperidine rings is 1. The summed E-state index contributed by atoms with van der Waals surface area (Å²) in [5.41, 5.74) is 1.94. The minimum atomic E-state index is -3.57. The van der Waals surface area contributed by atoms with Gasteiger partial charge in [0.25, 0.3) is 0 Å². The van der Waals surface area contributed by atoms with Crippen molar-refractivity contribution in [2.75, 3.05) is 24.5 Å². The first-order valence-corrected chi connectivity index (χ1v) is 12.0. The van der Waals surface area contributed by atoms with Crippen molar-refractivity contribution in [1.82, 2.24) is 9.62 Å². The van der Waals surface area contributed by atoms with Gasteiger partial charge in [-0.2, -0.15) is 0 Å². The zero-order valence-corrected chi connectivity index (χ0v) is 18.3. The Balaban J connectivity index is 1.32.